The molecule has 0 aliphatic carbocycles. The fourth-order valence-electron chi connectivity index (χ4n) is 2.80. The summed E-state index contributed by atoms with van der Waals surface area (Å²) in [6, 6.07) is 0.821. The summed E-state index contributed by atoms with van der Waals surface area (Å²) in [5.41, 5.74) is 0. The lowest BCUT2D eigenvalue weighted by atomic mass is 10.0. The van der Waals surface area contributed by atoms with Gasteiger partial charge in [-0.05, 0) is 45.8 Å². The topological polar surface area (TPSA) is 18.5 Å². The number of nitrogens with zero attached hydrogens (tertiary/aromatic N) is 2. The SMILES string of the molecule is CN1CCN(CCCC2CCCCN2)CC1. The lowest BCUT2D eigenvalue weighted by Crippen LogP contribution is -2.45. The summed E-state index contributed by atoms with van der Waals surface area (Å²) in [7, 11) is 2.23. The molecule has 0 amide bonds. The zero-order valence-electron chi connectivity index (χ0n) is 10.7. The first-order valence-electron chi connectivity index (χ1n) is 6.99. The molecule has 2 heterocycles. The highest BCUT2D eigenvalue weighted by Gasteiger charge is 2.15. The van der Waals surface area contributed by atoms with Gasteiger partial charge in [0.15, 0.2) is 0 Å². The molecule has 0 spiro atoms. The predicted molar refractivity (Wildman–Crippen MR) is 68.8 cm³/mol. The van der Waals surface area contributed by atoms with Crippen molar-refractivity contribution >= 4 is 0 Å². The van der Waals surface area contributed by atoms with E-state index in [2.05, 4.69) is 22.2 Å². The zero-order valence-corrected chi connectivity index (χ0v) is 10.7. The first kappa shape index (κ1) is 12.3. The molecule has 1 atom stereocenters. The Kier molecular flexibility index (Phi) is 5.07. The lowest BCUT2D eigenvalue weighted by Gasteiger charge is -2.33. The molecule has 0 radical (unpaired) electrons. The van der Waals surface area contributed by atoms with Gasteiger partial charge in [0.05, 0.1) is 0 Å². The molecule has 3 nitrogen and oxygen atoms in total. The number of piperazine rings is 1. The maximum absolute atomic E-state index is 3.64. The maximum Gasteiger partial charge on any atom is 0.0110 e. The van der Waals surface area contributed by atoms with E-state index in [-0.39, 0.29) is 0 Å². The monoisotopic (exact) mass is 225 g/mol. The Balaban J connectivity index is 1.53. The molecule has 2 saturated heterocycles. The summed E-state index contributed by atoms with van der Waals surface area (Å²) in [6.45, 7) is 7.61. The van der Waals surface area contributed by atoms with Crippen LogP contribution in [0.1, 0.15) is 32.1 Å². The highest BCUT2D eigenvalue weighted by atomic mass is 15.2. The molecule has 1 N–H and O–H groups in total. The quantitative estimate of drug-likeness (QED) is 0.774. The van der Waals surface area contributed by atoms with Crippen LogP contribution in [0.2, 0.25) is 0 Å². The van der Waals surface area contributed by atoms with Crippen molar-refractivity contribution in [2.24, 2.45) is 0 Å². The molecule has 2 aliphatic rings. The van der Waals surface area contributed by atoms with Crippen molar-refractivity contribution in [1.29, 1.82) is 0 Å². The second kappa shape index (κ2) is 6.58. The third-order valence-corrected chi connectivity index (χ3v) is 4.04. The fourth-order valence-corrected chi connectivity index (χ4v) is 2.80. The van der Waals surface area contributed by atoms with Gasteiger partial charge in [-0.2, -0.15) is 0 Å². The van der Waals surface area contributed by atoms with E-state index in [1.807, 2.05) is 0 Å². The Bertz CT molecular complexity index is 182. The Morgan fingerprint density at radius 2 is 1.94 bits per heavy atom. The van der Waals surface area contributed by atoms with E-state index in [1.165, 1.54) is 71.4 Å². The minimum Gasteiger partial charge on any atom is -0.314 e. The third kappa shape index (κ3) is 4.04. The fraction of sp³-hybridized carbons (Fsp3) is 1.00. The van der Waals surface area contributed by atoms with E-state index < -0.39 is 0 Å². The maximum atomic E-state index is 3.64. The molecule has 0 aromatic carbocycles. The van der Waals surface area contributed by atoms with Crippen LogP contribution in [0, 0.1) is 0 Å². The molecule has 1 unspecified atom stereocenters. The summed E-state index contributed by atoms with van der Waals surface area (Å²) in [5.74, 6) is 0. The van der Waals surface area contributed by atoms with Gasteiger partial charge in [-0.15, -0.1) is 0 Å². The molecular weight excluding hydrogens is 198 g/mol. The summed E-state index contributed by atoms with van der Waals surface area (Å²) in [4.78, 5) is 5.06. The van der Waals surface area contributed by atoms with Crippen molar-refractivity contribution in [3.05, 3.63) is 0 Å². The number of hydrogen-bond acceptors (Lipinski definition) is 3. The predicted octanol–water partition coefficient (Wildman–Crippen LogP) is 1.16. The normalized spacial score (nSPS) is 29.4. The molecule has 2 aliphatic heterocycles. The van der Waals surface area contributed by atoms with E-state index in [0.29, 0.717) is 0 Å². The summed E-state index contributed by atoms with van der Waals surface area (Å²) in [5, 5.41) is 3.64. The van der Waals surface area contributed by atoms with Crippen molar-refractivity contribution in [2.45, 2.75) is 38.1 Å². The molecule has 16 heavy (non-hydrogen) atoms. The van der Waals surface area contributed by atoms with Gasteiger partial charge in [-0.25, -0.2) is 0 Å². The van der Waals surface area contributed by atoms with Gasteiger partial charge < -0.3 is 15.1 Å². The van der Waals surface area contributed by atoms with Crippen LogP contribution in [0.15, 0.2) is 0 Å². The molecule has 2 fully saturated rings. The summed E-state index contributed by atoms with van der Waals surface area (Å²) >= 11 is 0. The van der Waals surface area contributed by atoms with Crippen LogP contribution in [-0.4, -0.2) is 62.2 Å². The number of nitrogens with one attached hydrogen (secondary N) is 1. The Morgan fingerprint density at radius 1 is 1.12 bits per heavy atom. The van der Waals surface area contributed by atoms with Crippen LogP contribution in [0.25, 0.3) is 0 Å². The first-order chi connectivity index (χ1) is 7.84. The second-order valence-corrected chi connectivity index (χ2v) is 5.43. The van der Waals surface area contributed by atoms with Crippen LogP contribution in [0.5, 0.6) is 0 Å². The van der Waals surface area contributed by atoms with Gasteiger partial charge in [-0.3, -0.25) is 0 Å². The second-order valence-electron chi connectivity index (χ2n) is 5.43. The van der Waals surface area contributed by atoms with E-state index in [9.17, 15) is 0 Å². The van der Waals surface area contributed by atoms with Crippen molar-refractivity contribution < 1.29 is 0 Å². The standard InChI is InChI=1S/C13H27N3/c1-15-9-11-16(12-10-15)8-4-6-13-5-2-3-7-14-13/h13-14H,2-12H2,1H3. The molecule has 0 saturated carbocycles. The zero-order chi connectivity index (χ0) is 11.2. The average Bonchev–Trinajstić information content (AvgIpc) is 2.33. The van der Waals surface area contributed by atoms with Gasteiger partial charge in [0, 0.05) is 32.2 Å². The largest absolute Gasteiger partial charge is 0.314 e. The molecule has 3 heteroatoms. The molecule has 0 bridgehead atoms. The number of hydrogen-bond donors (Lipinski definition) is 1. The highest BCUT2D eigenvalue weighted by Crippen LogP contribution is 2.12. The van der Waals surface area contributed by atoms with Gasteiger partial charge >= 0.3 is 0 Å². The minimum atomic E-state index is 0.821. The lowest BCUT2D eigenvalue weighted by molar-refractivity contribution is 0.150. The van der Waals surface area contributed by atoms with Gasteiger partial charge in [0.1, 0.15) is 0 Å². The van der Waals surface area contributed by atoms with Gasteiger partial charge in [0.2, 0.25) is 0 Å². The van der Waals surface area contributed by atoms with Crippen molar-refractivity contribution in [3.8, 4) is 0 Å². The van der Waals surface area contributed by atoms with Crippen LogP contribution in [-0.2, 0) is 0 Å². The Hall–Kier alpha value is -0.120. The molecule has 0 aromatic heterocycles. The summed E-state index contributed by atoms with van der Waals surface area (Å²) < 4.78 is 0. The first-order valence-corrected chi connectivity index (χ1v) is 6.99. The third-order valence-electron chi connectivity index (χ3n) is 4.04. The Labute approximate surface area is 100 Å². The van der Waals surface area contributed by atoms with E-state index >= 15 is 0 Å². The smallest absolute Gasteiger partial charge is 0.0110 e. The van der Waals surface area contributed by atoms with Gasteiger partial charge in [-0.1, -0.05) is 6.42 Å². The van der Waals surface area contributed by atoms with E-state index in [4.69, 9.17) is 0 Å². The highest BCUT2D eigenvalue weighted by molar-refractivity contribution is 4.74. The van der Waals surface area contributed by atoms with Crippen molar-refractivity contribution in [3.63, 3.8) is 0 Å². The van der Waals surface area contributed by atoms with E-state index in [0.717, 1.165) is 6.04 Å². The van der Waals surface area contributed by atoms with Crippen LogP contribution < -0.4 is 5.32 Å². The van der Waals surface area contributed by atoms with Crippen LogP contribution in [0.4, 0.5) is 0 Å². The Morgan fingerprint density at radius 3 is 2.62 bits per heavy atom. The molecule has 0 aromatic rings. The van der Waals surface area contributed by atoms with E-state index in [1.54, 1.807) is 0 Å². The molecular formula is C13H27N3. The van der Waals surface area contributed by atoms with Crippen LogP contribution in [0.3, 0.4) is 0 Å². The number of rotatable bonds is 4. The minimum absolute atomic E-state index is 0.821. The average molecular weight is 225 g/mol. The van der Waals surface area contributed by atoms with Gasteiger partial charge in [0.25, 0.3) is 0 Å². The van der Waals surface area contributed by atoms with Crippen molar-refractivity contribution in [2.75, 3.05) is 46.3 Å². The number of piperidine rings is 1. The molecule has 94 valence electrons. The number of likely N-dealkylation sites (N-methyl/N-ethyl adjacent to an activating group) is 1. The summed E-state index contributed by atoms with van der Waals surface area (Å²) in [6.07, 6.45) is 6.98. The van der Waals surface area contributed by atoms with Crippen molar-refractivity contribution in [1.82, 2.24) is 15.1 Å². The molecule has 2 rings (SSSR count). The van der Waals surface area contributed by atoms with Crippen LogP contribution >= 0.6 is 0 Å².